The first-order valence-electron chi connectivity index (χ1n) is 13.1. The number of pyridine rings is 1. The summed E-state index contributed by atoms with van der Waals surface area (Å²) in [5.41, 5.74) is 4.84. The summed E-state index contributed by atoms with van der Waals surface area (Å²) in [5, 5.41) is 4.43. The van der Waals surface area contributed by atoms with Gasteiger partial charge in [0, 0.05) is 49.0 Å². The molecule has 1 aliphatic rings. The van der Waals surface area contributed by atoms with Gasteiger partial charge in [0.2, 0.25) is 5.91 Å². The average Bonchev–Trinajstić information content (AvgIpc) is 3.30. The molecular weight excluding hydrogens is 446 g/mol. The summed E-state index contributed by atoms with van der Waals surface area (Å²) in [6.45, 7) is 1.33. The second-order valence-corrected chi connectivity index (χ2v) is 9.92. The van der Waals surface area contributed by atoms with Crippen LogP contribution in [0.25, 0.3) is 10.9 Å². The number of carbonyl (C=O) groups is 1. The van der Waals surface area contributed by atoms with E-state index in [1.54, 1.807) is 19.5 Å². The van der Waals surface area contributed by atoms with E-state index in [1.807, 2.05) is 24.3 Å². The van der Waals surface area contributed by atoms with Crippen LogP contribution in [0.15, 0.2) is 79.3 Å². The Morgan fingerprint density at radius 3 is 2.50 bits per heavy atom. The third-order valence-electron chi connectivity index (χ3n) is 7.59. The van der Waals surface area contributed by atoms with E-state index in [-0.39, 0.29) is 11.8 Å². The minimum atomic E-state index is 0.120. The summed E-state index contributed by atoms with van der Waals surface area (Å²) >= 11 is 0. The Bertz CT molecular complexity index is 1270. The zero-order valence-corrected chi connectivity index (χ0v) is 21.0. The molecule has 4 aromatic rings. The molecule has 1 saturated carbocycles. The molecule has 186 valence electrons. The molecule has 5 rings (SSSR count). The predicted molar refractivity (Wildman–Crippen MR) is 144 cm³/mol. The van der Waals surface area contributed by atoms with Crippen molar-refractivity contribution in [2.75, 3.05) is 7.11 Å². The Morgan fingerprint density at radius 1 is 1.00 bits per heavy atom. The first-order chi connectivity index (χ1) is 17.7. The fourth-order valence-corrected chi connectivity index (χ4v) is 5.67. The summed E-state index contributed by atoms with van der Waals surface area (Å²) < 4.78 is 7.67. The molecule has 0 spiro atoms. The van der Waals surface area contributed by atoms with E-state index in [0.29, 0.717) is 18.9 Å². The van der Waals surface area contributed by atoms with Crippen LogP contribution in [0, 0.1) is 5.92 Å². The number of benzene rings is 2. The van der Waals surface area contributed by atoms with Gasteiger partial charge in [-0.3, -0.25) is 9.78 Å². The fourth-order valence-electron chi connectivity index (χ4n) is 5.67. The summed E-state index contributed by atoms with van der Waals surface area (Å²) in [6, 6.07) is 20.8. The zero-order valence-electron chi connectivity index (χ0n) is 21.0. The van der Waals surface area contributed by atoms with Gasteiger partial charge < -0.3 is 14.6 Å². The molecule has 2 heterocycles. The molecule has 0 aliphatic heterocycles. The highest BCUT2D eigenvalue weighted by molar-refractivity contribution is 5.86. The lowest BCUT2D eigenvalue weighted by atomic mass is 9.75. The molecule has 5 nitrogen and oxygen atoms in total. The van der Waals surface area contributed by atoms with Crippen LogP contribution in [0.3, 0.4) is 0 Å². The van der Waals surface area contributed by atoms with E-state index in [1.165, 1.54) is 54.1 Å². The van der Waals surface area contributed by atoms with Crippen LogP contribution in [0.5, 0.6) is 5.75 Å². The topological polar surface area (TPSA) is 56.1 Å². The van der Waals surface area contributed by atoms with Gasteiger partial charge in [0.25, 0.3) is 0 Å². The Labute approximate surface area is 213 Å². The summed E-state index contributed by atoms with van der Waals surface area (Å²) in [4.78, 5) is 17.3. The van der Waals surface area contributed by atoms with Crippen LogP contribution in [-0.2, 0) is 17.9 Å². The van der Waals surface area contributed by atoms with Crippen LogP contribution in [0.4, 0.5) is 0 Å². The Hall–Kier alpha value is -3.60. The summed E-state index contributed by atoms with van der Waals surface area (Å²) in [5.74, 6) is 1.73. The van der Waals surface area contributed by atoms with Crippen molar-refractivity contribution in [3.63, 3.8) is 0 Å². The molecule has 2 aromatic carbocycles. The van der Waals surface area contributed by atoms with Gasteiger partial charge in [0.1, 0.15) is 5.75 Å². The number of methoxy groups -OCH3 is 1. The van der Waals surface area contributed by atoms with Gasteiger partial charge in [-0.1, -0.05) is 49.6 Å². The lowest BCUT2D eigenvalue weighted by Crippen LogP contribution is -2.27. The number of hydrogen-bond acceptors (Lipinski definition) is 3. The summed E-state index contributed by atoms with van der Waals surface area (Å²) in [6.07, 6.45) is 12.6. The third-order valence-corrected chi connectivity index (χ3v) is 7.59. The quantitative estimate of drug-likeness (QED) is 0.298. The average molecular weight is 482 g/mol. The number of aromatic nitrogens is 2. The number of fused-ring (bicyclic) bond motifs is 1. The highest BCUT2D eigenvalue weighted by Gasteiger charge is 2.29. The van der Waals surface area contributed by atoms with Crippen molar-refractivity contribution >= 4 is 16.8 Å². The lowest BCUT2D eigenvalue weighted by molar-refractivity contribution is -0.122. The SMILES string of the molecule is COc1ccc(Cn2cc([C@@H](CC(=O)NCc3ccncc3)C3CCCCC3)c3ccccc32)cc1. The summed E-state index contributed by atoms with van der Waals surface area (Å²) in [7, 11) is 1.69. The standard InChI is InChI=1S/C31H35N3O2/c1-36-26-13-11-24(12-14-26)21-34-22-29(27-9-5-6-10-30(27)34)28(25-7-3-2-4-8-25)19-31(35)33-20-23-15-17-32-18-16-23/h5-6,9-18,22,25,28H,2-4,7-8,19-21H2,1H3,(H,33,35)/t28-/m0/s1. The van der Waals surface area contributed by atoms with E-state index in [4.69, 9.17) is 4.74 Å². The first-order valence-corrected chi connectivity index (χ1v) is 13.1. The van der Waals surface area contributed by atoms with Crippen molar-refractivity contribution in [2.24, 2.45) is 5.92 Å². The number of para-hydroxylation sites is 1. The van der Waals surface area contributed by atoms with E-state index in [2.05, 4.69) is 57.5 Å². The highest BCUT2D eigenvalue weighted by Crippen LogP contribution is 2.41. The maximum Gasteiger partial charge on any atom is 0.220 e. The fraction of sp³-hybridized carbons (Fsp3) is 0.355. The van der Waals surface area contributed by atoms with Crippen molar-refractivity contribution in [1.82, 2.24) is 14.9 Å². The monoisotopic (exact) mass is 481 g/mol. The van der Waals surface area contributed by atoms with E-state index in [0.717, 1.165) is 17.9 Å². The van der Waals surface area contributed by atoms with Gasteiger partial charge >= 0.3 is 0 Å². The number of rotatable bonds is 9. The van der Waals surface area contributed by atoms with Gasteiger partial charge in [0.05, 0.1) is 7.11 Å². The van der Waals surface area contributed by atoms with Crippen molar-refractivity contribution in [3.8, 4) is 5.75 Å². The Balaban J connectivity index is 1.42. The predicted octanol–water partition coefficient (Wildman–Crippen LogP) is 6.46. The number of nitrogens with one attached hydrogen (secondary N) is 1. The van der Waals surface area contributed by atoms with E-state index < -0.39 is 0 Å². The van der Waals surface area contributed by atoms with Crippen molar-refractivity contribution in [3.05, 3.63) is 95.9 Å². The second kappa shape index (κ2) is 11.4. The van der Waals surface area contributed by atoms with Gasteiger partial charge in [-0.05, 0) is 71.7 Å². The van der Waals surface area contributed by atoms with Gasteiger partial charge in [-0.15, -0.1) is 0 Å². The largest absolute Gasteiger partial charge is 0.497 e. The van der Waals surface area contributed by atoms with Gasteiger partial charge in [0.15, 0.2) is 0 Å². The number of nitrogens with zero attached hydrogens (tertiary/aromatic N) is 2. The molecule has 2 aromatic heterocycles. The molecule has 1 N–H and O–H groups in total. The number of carbonyl (C=O) groups excluding carboxylic acids is 1. The zero-order chi connectivity index (χ0) is 24.7. The molecule has 0 radical (unpaired) electrons. The molecule has 1 amide bonds. The van der Waals surface area contributed by atoms with Crippen LogP contribution in [-0.4, -0.2) is 22.6 Å². The maximum atomic E-state index is 13.2. The van der Waals surface area contributed by atoms with Crippen molar-refractivity contribution in [2.45, 2.75) is 57.5 Å². The minimum absolute atomic E-state index is 0.120. The molecular formula is C31H35N3O2. The van der Waals surface area contributed by atoms with Gasteiger partial charge in [-0.2, -0.15) is 0 Å². The Morgan fingerprint density at radius 2 is 1.75 bits per heavy atom. The van der Waals surface area contributed by atoms with Crippen LogP contribution >= 0.6 is 0 Å². The smallest absolute Gasteiger partial charge is 0.220 e. The first kappa shape index (κ1) is 24.1. The lowest BCUT2D eigenvalue weighted by Gasteiger charge is -2.30. The molecule has 0 bridgehead atoms. The number of amides is 1. The highest BCUT2D eigenvalue weighted by atomic mass is 16.5. The second-order valence-electron chi connectivity index (χ2n) is 9.92. The van der Waals surface area contributed by atoms with Crippen LogP contribution in [0.2, 0.25) is 0 Å². The molecule has 36 heavy (non-hydrogen) atoms. The van der Waals surface area contributed by atoms with Crippen LogP contribution < -0.4 is 10.1 Å². The van der Waals surface area contributed by atoms with Crippen molar-refractivity contribution < 1.29 is 9.53 Å². The molecule has 1 fully saturated rings. The molecule has 1 atom stereocenters. The van der Waals surface area contributed by atoms with Crippen molar-refractivity contribution in [1.29, 1.82) is 0 Å². The molecule has 0 saturated heterocycles. The minimum Gasteiger partial charge on any atom is -0.497 e. The van der Waals surface area contributed by atoms with Gasteiger partial charge in [-0.25, -0.2) is 0 Å². The number of hydrogen-bond donors (Lipinski definition) is 1. The molecule has 1 aliphatic carbocycles. The maximum absolute atomic E-state index is 13.2. The van der Waals surface area contributed by atoms with E-state index in [9.17, 15) is 4.79 Å². The normalized spacial score (nSPS) is 15.0. The number of ether oxygens (including phenoxy) is 1. The van der Waals surface area contributed by atoms with E-state index >= 15 is 0 Å². The molecule has 0 unspecified atom stereocenters. The Kier molecular flexibility index (Phi) is 7.65. The van der Waals surface area contributed by atoms with Crippen LogP contribution in [0.1, 0.15) is 61.1 Å². The third kappa shape index (κ3) is 5.62. The molecule has 5 heteroatoms.